The molecular weight excluding hydrogens is 608 g/mol. The maximum Gasteiger partial charge on any atom is 0.127 e. The van der Waals surface area contributed by atoms with Crippen LogP contribution in [-0.4, -0.2) is 33.6 Å². The summed E-state index contributed by atoms with van der Waals surface area (Å²) in [6.07, 6.45) is 0.905. The van der Waals surface area contributed by atoms with Crippen molar-refractivity contribution in [1.82, 2.24) is 0 Å². The van der Waals surface area contributed by atoms with E-state index < -0.39 is 0 Å². The topological polar surface area (TPSA) is 90.2 Å². The van der Waals surface area contributed by atoms with Crippen molar-refractivity contribution in [2.75, 3.05) is 13.2 Å². The Labute approximate surface area is 283 Å². The van der Waals surface area contributed by atoms with Gasteiger partial charge in [-0.3, -0.25) is 0 Å². The standard InChI is InChI=1S/C44H34O5/c45-37-19-17-27-9-1-5-13-33(27)39(37)41-35-15-7-3-11-29(35)25-31(43(41)47)21-23-49-24-22-32-26-30-12-4-8-16-36(30)42(44(32)48)40-34-14-6-2-10-28(34)18-20-38(40)46/h1-20,25-26,45-48H,21-24H2. The van der Waals surface area contributed by atoms with E-state index in [4.69, 9.17) is 4.74 Å². The third-order valence-electron chi connectivity index (χ3n) is 9.55. The maximum atomic E-state index is 11.7. The lowest BCUT2D eigenvalue weighted by molar-refractivity contribution is 0.139. The molecule has 0 aliphatic carbocycles. The Morgan fingerprint density at radius 3 is 1.12 bits per heavy atom. The number of hydrogen-bond acceptors (Lipinski definition) is 5. The van der Waals surface area contributed by atoms with Gasteiger partial charge in [0, 0.05) is 22.3 Å². The van der Waals surface area contributed by atoms with E-state index in [1.165, 1.54) is 0 Å². The molecule has 4 N–H and O–H groups in total. The summed E-state index contributed by atoms with van der Waals surface area (Å²) in [5, 5.41) is 52.9. The molecule has 0 aliphatic heterocycles. The Hall–Kier alpha value is -6.04. The molecule has 0 heterocycles. The summed E-state index contributed by atoms with van der Waals surface area (Å²) in [6.45, 7) is 0.691. The Morgan fingerprint density at radius 1 is 0.367 bits per heavy atom. The number of ether oxygens (including phenoxy) is 1. The smallest absolute Gasteiger partial charge is 0.127 e. The van der Waals surface area contributed by atoms with Gasteiger partial charge in [0.25, 0.3) is 0 Å². The van der Waals surface area contributed by atoms with Crippen LogP contribution in [0.4, 0.5) is 0 Å². The van der Waals surface area contributed by atoms with E-state index in [1.807, 2.05) is 121 Å². The zero-order valence-electron chi connectivity index (χ0n) is 26.7. The summed E-state index contributed by atoms with van der Waals surface area (Å²) in [4.78, 5) is 0. The molecule has 0 atom stereocenters. The highest BCUT2D eigenvalue weighted by Gasteiger charge is 2.21. The number of rotatable bonds is 8. The molecular formula is C44H34O5. The number of hydrogen-bond donors (Lipinski definition) is 4. The molecule has 0 amide bonds. The van der Waals surface area contributed by atoms with E-state index in [1.54, 1.807) is 12.1 Å². The van der Waals surface area contributed by atoms with Crippen molar-refractivity contribution in [1.29, 1.82) is 0 Å². The highest BCUT2D eigenvalue weighted by atomic mass is 16.5. The van der Waals surface area contributed by atoms with E-state index in [2.05, 4.69) is 0 Å². The highest BCUT2D eigenvalue weighted by molar-refractivity contribution is 6.11. The molecule has 5 nitrogen and oxygen atoms in total. The van der Waals surface area contributed by atoms with Gasteiger partial charge in [0.05, 0.1) is 13.2 Å². The number of fused-ring (bicyclic) bond motifs is 4. The van der Waals surface area contributed by atoms with Gasteiger partial charge in [0.1, 0.15) is 23.0 Å². The zero-order valence-corrected chi connectivity index (χ0v) is 26.7. The molecule has 8 aromatic carbocycles. The molecule has 0 unspecified atom stereocenters. The summed E-state index contributed by atoms with van der Waals surface area (Å²) >= 11 is 0. The number of benzene rings is 8. The first-order valence-electron chi connectivity index (χ1n) is 16.5. The highest BCUT2D eigenvalue weighted by Crippen LogP contribution is 2.47. The van der Waals surface area contributed by atoms with Crippen molar-refractivity contribution in [3.05, 3.63) is 145 Å². The van der Waals surface area contributed by atoms with E-state index in [9.17, 15) is 20.4 Å². The first-order valence-corrected chi connectivity index (χ1v) is 16.5. The van der Waals surface area contributed by atoms with Crippen LogP contribution in [0, 0.1) is 0 Å². The molecule has 0 bridgehead atoms. The Kier molecular flexibility index (Phi) is 7.75. The molecule has 0 fully saturated rings. The summed E-state index contributed by atoms with van der Waals surface area (Å²) in [5.74, 6) is 0.471. The average Bonchev–Trinajstić information content (AvgIpc) is 3.13. The molecule has 0 spiro atoms. The van der Waals surface area contributed by atoms with Gasteiger partial charge in [-0.05, 0) is 91.3 Å². The lowest BCUT2D eigenvalue weighted by Crippen LogP contribution is -2.04. The summed E-state index contributed by atoms with van der Waals surface area (Å²) < 4.78 is 6.13. The van der Waals surface area contributed by atoms with Gasteiger partial charge in [0.15, 0.2) is 0 Å². The average molecular weight is 643 g/mol. The number of aromatic hydroxyl groups is 4. The number of phenolic OH excluding ortho intramolecular Hbond substituents is 4. The molecule has 49 heavy (non-hydrogen) atoms. The predicted molar refractivity (Wildman–Crippen MR) is 199 cm³/mol. The first-order chi connectivity index (χ1) is 24.0. The normalized spacial score (nSPS) is 11.6. The fourth-order valence-corrected chi connectivity index (χ4v) is 7.19. The molecule has 8 aromatic rings. The first kappa shape index (κ1) is 30.3. The van der Waals surface area contributed by atoms with Crippen LogP contribution >= 0.6 is 0 Å². The van der Waals surface area contributed by atoms with Gasteiger partial charge in [-0.1, -0.05) is 109 Å². The quantitative estimate of drug-likeness (QED) is 0.124. The van der Waals surface area contributed by atoms with Crippen molar-refractivity contribution in [3.63, 3.8) is 0 Å². The molecule has 0 saturated carbocycles. The molecule has 8 rings (SSSR count). The molecule has 0 aromatic heterocycles. The molecule has 0 saturated heterocycles. The lowest BCUT2D eigenvalue weighted by Gasteiger charge is -2.18. The Bertz CT molecular complexity index is 2360. The summed E-state index contributed by atoms with van der Waals surface area (Å²) in [7, 11) is 0. The minimum atomic E-state index is 0.110. The van der Waals surface area contributed by atoms with Gasteiger partial charge in [-0.2, -0.15) is 0 Å². The zero-order chi connectivity index (χ0) is 33.5. The van der Waals surface area contributed by atoms with Gasteiger partial charge >= 0.3 is 0 Å². The van der Waals surface area contributed by atoms with E-state index >= 15 is 0 Å². The van der Waals surface area contributed by atoms with Crippen LogP contribution in [0.15, 0.2) is 133 Å². The summed E-state index contributed by atoms with van der Waals surface area (Å²) in [5.41, 5.74) is 3.87. The third kappa shape index (κ3) is 5.35. The molecule has 0 radical (unpaired) electrons. The molecule has 240 valence electrons. The van der Waals surface area contributed by atoms with Crippen molar-refractivity contribution < 1.29 is 25.2 Å². The van der Waals surface area contributed by atoms with Gasteiger partial charge < -0.3 is 25.2 Å². The van der Waals surface area contributed by atoms with Crippen molar-refractivity contribution in [2.45, 2.75) is 12.8 Å². The predicted octanol–water partition coefficient (Wildman–Crippen LogP) is 10.3. The molecule has 0 aliphatic rings. The van der Waals surface area contributed by atoms with Crippen LogP contribution in [0.1, 0.15) is 11.1 Å². The van der Waals surface area contributed by atoms with E-state index in [-0.39, 0.29) is 23.0 Å². The second-order valence-electron chi connectivity index (χ2n) is 12.4. The van der Waals surface area contributed by atoms with E-state index in [0.717, 1.165) is 54.2 Å². The van der Waals surface area contributed by atoms with E-state index in [0.29, 0.717) is 48.3 Å². The number of phenols is 4. The van der Waals surface area contributed by atoms with Crippen molar-refractivity contribution in [3.8, 4) is 45.3 Å². The van der Waals surface area contributed by atoms with Crippen LogP contribution in [0.3, 0.4) is 0 Å². The fourth-order valence-electron chi connectivity index (χ4n) is 7.19. The maximum absolute atomic E-state index is 11.7. The van der Waals surface area contributed by atoms with Crippen LogP contribution in [0.2, 0.25) is 0 Å². The van der Waals surface area contributed by atoms with Crippen LogP contribution < -0.4 is 0 Å². The second kappa shape index (κ2) is 12.5. The van der Waals surface area contributed by atoms with Gasteiger partial charge in [0.2, 0.25) is 0 Å². The SMILES string of the molecule is Oc1ccc2ccccc2c1-c1c(O)c(CCOCCc2cc3ccccc3c(-c3c(O)ccc4ccccc34)c2O)cc2ccccc12. The minimum absolute atomic E-state index is 0.110. The minimum Gasteiger partial charge on any atom is -0.507 e. The van der Waals surface area contributed by atoms with Gasteiger partial charge in [-0.25, -0.2) is 0 Å². The van der Waals surface area contributed by atoms with Gasteiger partial charge in [-0.15, -0.1) is 0 Å². The third-order valence-corrected chi connectivity index (χ3v) is 9.55. The lowest BCUT2D eigenvalue weighted by atomic mass is 9.89. The Balaban J connectivity index is 1.08. The van der Waals surface area contributed by atoms with Crippen molar-refractivity contribution in [2.24, 2.45) is 0 Å². The van der Waals surface area contributed by atoms with Crippen molar-refractivity contribution >= 4 is 43.1 Å². The molecule has 5 heteroatoms. The van der Waals surface area contributed by atoms with Crippen LogP contribution in [0.5, 0.6) is 23.0 Å². The fraction of sp³-hybridized carbons (Fsp3) is 0.0909. The second-order valence-corrected chi connectivity index (χ2v) is 12.4. The largest absolute Gasteiger partial charge is 0.507 e. The summed E-state index contributed by atoms with van der Waals surface area (Å²) in [6, 6.07) is 42.6. The Morgan fingerprint density at radius 2 is 0.714 bits per heavy atom. The van der Waals surface area contributed by atoms with Crippen LogP contribution in [-0.2, 0) is 17.6 Å². The van der Waals surface area contributed by atoms with Crippen LogP contribution in [0.25, 0.3) is 65.3 Å². The monoisotopic (exact) mass is 642 g/mol.